The van der Waals surface area contributed by atoms with E-state index in [0.29, 0.717) is 26.2 Å². The Bertz CT molecular complexity index is 3550. The van der Waals surface area contributed by atoms with Gasteiger partial charge in [0.05, 0.1) is 69.6 Å². The van der Waals surface area contributed by atoms with Crippen molar-refractivity contribution in [3.63, 3.8) is 0 Å². The first-order valence-electron chi connectivity index (χ1n) is 29.1. The number of carbonyl (C=O) groups is 4. The number of aromatic hydroxyl groups is 3. The Kier molecular flexibility index (Phi) is 19.4. The largest absolute Gasteiger partial charge is 0.507 e. The number of aliphatic hydroxyl groups excluding tert-OH is 2. The number of benzene rings is 3. The number of ether oxygens (including phenoxy) is 4. The molecule has 10 rings (SSSR count). The highest BCUT2D eigenvalue weighted by atomic mass is 19.1. The molecule has 5 aliphatic heterocycles. The number of methoxy groups -OCH3 is 1. The molecule has 87 heavy (non-hydrogen) atoms. The molecule has 25 heteroatoms. The highest BCUT2D eigenvalue weighted by Crippen LogP contribution is 2.55. The Morgan fingerprint density at radius 2 is 1.52 bits per heavy atom. The number of aliphatic hydroxyl groups is 2. The lowest BCUT2D eigenvalue weighted by atomic mass is 9.78. The number of rotatable bonds is 7. The SMILES string of the molecule is CO[C@H]1/C=C/O[C@@]2(C)Oc3c(C)c(O)c4c(O)c(c(/C=N\N5CCN(C)CC5)c(O)c4c3C2=O)NC(=O)/C(C)=C\C=C\[C@@H](C)[C@H](O)[C@@H](C)[C@H](O)[C@@H](C)[C@H](OC(C)=O)[C@@H]1C.C[C@@H]1CN(c2c(F)c(N)c3c(=O)c(C(=O)O)cn(C4CC4)c3c2F)C[C@H](C)N1. The number of anilines is 3. The average Bonchev–Trinajstić information content (AvgIpc) is 1.81. The van der Waals surface area contributed by atoms with Crippen LogP contribution in [0.1, 0.15) is 113 Å². The van der Waals surface area contributed by atoms with Gasteiger partial charge in [0.2, 0.25) is 5.43 Å². The van der Waals surface area contributed by atoms with Crippen molar-refractivity contribution in [3.8, 4) is 23.0 Å². The Labute approximate surface area is 502 Å². The van der Waals surface area contributed by atoms with E-state index in [4.69, 9.17) is 24.7 Å². The lowest BCUT2D eigenvalue weighted by molar-refractivity contribution is -0.160. The summed E-state index contributed by atoms with van der Waals surface area (Å²) in [4.78, 5) is 68.3. The molecule has 6 aliphatic rings. The van der Waals surface area contributed by atoms with E-state index in [0.717, 1.165) is 32.1 Å². The molecule has 472 valence electrons. The number of carboxylic acid groups (broad SMARTS) is 1. The predicted octanol–water partition coefficient (Wildman–Crippen LogP) is 6.42. The topological polar surface area (TPSA) is 321 Å². The van der Waals surface area contributed by atoms with Gasteiger partial charge in [0.15, 0.2) is 17.4 Å². The number of carbonyl (C=O) groups excluding carboxylic acids is 3. The quantitative estimate of drug-likeness (QED) is 0.0317. The van der Waals surface area contributed by atoms with Crippen molar-refractivity contribution >= 4 is 68.6 Å². The van der Waals surface area contributed by atoms with Crippen LogP contribution in [0, 0.1) is 42.2 Å². The van der Waals surface area contributed by atoms with E-state index in [1.807, 2.05) is 20.9 Å². The van der Waals surface area contributed by atoms with E-state index in [2.05, 4.69) is 20.6 Å². The minimum atomic E-state index is -2.04. The zero-order valence-electron chi connectivity index (χ0n) is 51.0. The van der Waals surface area contributed by atoms with Gasteiger partial charge in [-0.05, 0) is 53.7 Å². The second-order valence-corrected chi connectivity index (χ2v) is 23.9. The number of nitrogen functional groups attached to an aromatic ring is 1. The number of aromatic carboxylic acids is 1. The smallest absolute Gasteiger partial charge is 0.341 e. The summed E-state index contributed by atoms with van der Waals surface area (Å²) >= 11 is 0. The van der Waals surface area contributed by atoms with E-state index >= 15 is 8.78 Å². The number of hydrogen-bond acceptors (Lipinski definition) is 20. The fraction of sp³-hybridized carbons (Fsp3) is 0.516. The number of Topliss-reactive ketones (excluding diaryl/α,β-unsaturated/α-hetero) is 1. The van der Waals surface area contributed by atoms with Crippen LogP contribution in [-0.2, 0) is 23.8 Å². The van der Waals surface area contributed by atoms with Crippen LogP contribution >= 0.6 is 0 Å². The lowest BCUT2D eigenvalue weighted by Crippen LogP contribution is -2.54. The van der Waals surface area contributed by atoms with Crippen LogP contribution in [0.4, 0.5) is 25.8 Å². The number of amides is 1. The number of fused-ring (bicyclic) bond motifs is 15. The molecule has 11 atom stereocenters. The second kappa shape index (κ2) is 25.9. The molecule has 4 aromatic rings. The van der Waals surface area contributed by atoms with E-state index in [1.165, 1.54) is 64.0 Å². The maximum atomic E-state index is 15.6. The number of aromatic nitrogens is 1. The van der Waals surface area contributed by atoms with Gasteiger partial charge in [0.1, 0.15) is 34.6 Å². The molecular formula is C62H80F2N8O15. The van der Waals surface area contributed by atoms with Gasteiger partial charge in [-0.25, -0.2) is 13.6 Å². The number of allylic oxidation sites excluding steroid dienone is 2. The number of ketones is 1. The Morgan fingerprint density at radius 1 is 0.874 bits per heavy atom. The van der Waals surface area contributed by atoms with Gasteiger partial charge in [0.25, 0.3) is 11.7 Å². The van der Waals surface area contributed by atoms with Crippen LogP contribution in [0.3, 0.4) is 0 Å². The van der Waals surface area contributed by atoms with E-state index in [9.17, 15) is 54.6 Å². The normalized spacial score (nSPS) is 29.0. The third-order valence-corrected chi connectivity index (χ3v) is 17.3. The summed E-state index contributed by atoms with van der Waals surface area (Å²) < 4.78 is 55.8. The molecule has 0 radical (unpaired) electrons. The van der Waals surface area contributed by atoms with Crippen molar-refractivity contribution < 1.29 is 77.5 Å². The number of phenolic OH excluding ortho intramolecular Hbond substituents is 3. The van der Waals surface area contributed by atoms with Crippen molar-refractivity contribution in [3.05, 3.63) is 86.4 Å². The number of hydrazone groups is 1. The van der Waals surface area contributed by atoms with E-state index in [1.54, 1.807) is 49.8 Å². The zero-order valence-corrected chi connectivity index (χ0v) is 51.0. The number of phenols is 3. The van der Waals surface area contributed by atoms with Gasteiger partial charge in [-0.1, -0.05) is 45.9 Å². The maximum absolute atomic E-state index is 15.6. The monoisotopic (exact) mass is 1210 g/mol. The van der Waals surface area contributed by atoms with Crippen LogP contribution in [-0.4, -0.2) is 171 Å². The highest BCUT2D eigenvalue weighted by Gasteiger charge is 2.50. The van der Waals surface area contributed by atoms with E-state index in [-0.39, 0.29) is 73.8 Å². The summed E-state index contributed by atoms with van der Waals surface area (Å²) in [5, 5.41) is 79.1. The molecule has 1 aliphatic carbocycles. The fourth-order valence-electron chi connectivity index (χ4n) is 12.1. The minimum absolute atomic E-state index is 0.0134. The number of carboxylic acids is 1. The first kappa shape index (κ1) is 65.1. The third kappa shape index (κ3) is 12.8. The number of pyridine rings is 1. The molecule has 1 amide bonds. The summed E-state index contributed by atoms with van der Waals surface area (Å²) in [6.07, 6.45) is 7.47. The fourth-order valence-corrected chi connectivity index (χ4v) is 12.1. The van der Waals surface area contributed by atoms with Gasteiger partial charge >= 0.3 is 17.7 Å². The molecule has 1 aromatic heterocycles. The Hall–Kier alpha value is -7.84. The predicted molar refractivity (Wildman–Crippen MR) is 323 cm³/mol. The van der Waals surface area contributed by atoms with E-state index < -0.39 is 128 Å². The second-order valence-electron chi connectivity index (χ2n) is 23.9. The molecule has 3 aromatic carbocycles. The molecule has 10 N–H and O–H groups in total. The number of hydrogen-bond donors (Lipinski definition) is 9. The number of piperazine rings is 2. The van der Waals surface area contributed by atoms with Crippen LogP contribution in [0.2, 0.25) is 0 Å². The van der Waals surface area contributed by atoms with Gasteiger partial charge in [-0.15, -0.1) is 0 Å². The molecule has 6 heterocycles. The third-order valence-electron chi connectivity index (χ3n) is 17.3. The van der Waals surface area contributed by atoms with Gasteiger partial charge in [0, 0.05) is 125 Å². The molecule has 23 nitrogen and oxygen atoms in total. The van der Waals surface area contributed by atoms with Gasteiger partial charge in [-0.2, -0.15) is 5.10 Å². The number of nitrogens with zero attached hydrogens (tertiary/aromatic N) is 5. The summed E-state index contributed by atoms with van der Waals surface area (Å²) in [6, 6.07) is -0.103. The van der Waals surface area contributed by atoms with Crippen molar-refractivity contribution in [1.82, 2.24) is 19.8 Å². The Balaban J connectivity index is 0.000000290. The summed E-state index contributed by atoms with van der Waals surface area (Å²) in [7, 11) is 3.42. The number of nitrogens with one attached hydrogen (secondary N) is 2. The average molecular weight is 1220 g/mol. The minimum Gasteiger partial charge on any atom is -0.507 e. The lowest BCUT2D eigenvalue weighted by Gasteiger charge is -2.38. The summed E-state index contributed by atoms with van der Waals surface area (Å²) in [5.41, 5.74) is 3.19. The first-order chi connectivity index (χ1) is 40.9. The van der Waals surface area contributed by atoms with Gasteiger partial charge in [-0.3, -0.25) is 24.2 Å². The van der Waals surface area contributed by atoms with Crippen LogP contribution in [0.15, 0.2) is 52.2 Å². The Morgan fingerprint density at radius 3 is 2.11 bits per heavy atom. The van der Waals surface area contributed by atoms with Crippen LogP contribution in [0.5, 0.6) is 23.0 Å². The van der Waals surface area contributed by atoms with Crippen molar-refractivity contribution in [2.24, 2.45) is 28.8 Å². The summed E-state index contributed by atoms with van der Waals surface area (Å²) in [6.45, 7) is 19.7. The first-order valence-corrected chi connectivity index (χ1v) is 29.1. The molecular weight excluding hydrogens is 1130 g/mol. The maximum Gasteiger partial charge on any atom is 0.341 e. The standard InChI is InChI=1S/C43H58N4O12.C19H22F2N4O3/c1-21-12-11-13-22(2)42(55)45-33-28(20-44-47-17-15-46(9)16-18-47)37(52)30-31(38(33)53)36(51)26(6)40-32(30)41(54)43(8,59-40)57-19-14-29(56-10)23(3)39(58-27(7)48)25(5)35(50)24(4)34(21)49;1-8-5-24(6-9(2)23-8)17-13(20)15(22)12-16(14(17)21)25(10-3-4-10)7-11(18(12)26)19(27)28/h11-14,19-21,23-25,29,34-35,39,49-53H,15-18H2,1-10H3,(H,45,55);7-10,23H,3-6,22H2,1-2H3,(H,27,28)/b12-11+,19-14+,22-13-,44-20-;/t21-,23-,24-,25-,29+,34+,35+,39-,43+;8-,9+/m1./s1. The van der Waals surface area contributed by atoms with Gasteiger partial charge < -0.3 is 80.3 Å². The number of esters is 1. The number of likely N-dealkylation sites (N-methyl/N-ethyl adjacent to an activating group) is 1. The summed E-state index contributed by atoms with van der Waals surface area (Å²) in [5.74, 6) is -11.7. The number of halogens is 2. The molecule has 1 saturated carbocycles. The van der Waals surface area contributed by atoms with Crippen molar-refractivity contribution in [2.75, 3.05) is 69.4 Å². The van der Waals surface area contributed by atoms with Crippen molar-refractivity contribution in [1.29, 1.82) is 0 Å². The molecule has 2 saturated heterocycles. The number of nitrogens with two attached hydrogens (primary N) is 1. The van der Waals surface area contributed by atoms with Crippen molar-refractivity contribution in [2.45, 2.75) is 130 Å². The molecule has 0 spiro atoms. The van der Waals surface area contributed by atoms with Crippen LogP contribution in [0.25, 0.3) is 21.7 Å². The molecule has 0 unspecified atom stereocenters. The van der Waals surface area contributed by atoms with Crippen LogP contribution < -0.4 is 31.4 Å². The molecule has 5 bridgehead atoms. The zero-order chi connectivity index (χ0) is 64.0. The molecule has 3 fully saturated rings. The highest BCUT2D eigenvalue weighted by molar-refractivity contribution is 6.24.